The van der Waals surface area contributed by atoms with E-state index in [1.165, 1.54) is 18.9 Å². The van der Waals surface area contributed by atoms with Crippen molar-refractivity contribution in [3.05, 3.63) is 82.1 Å². The van der Waals surface area contributed by atoms with Crippen molar-refractivity contribution in [1.82, 2.24) is 9.47 Å². The van der Waals surface area contributed by atoms with Gasteiger partial charge in [0, 0.05) is 30.7 Å². The van der Waals surface area contributed by atoms with E-state index in [9.17, 15) is 23.1 Å². The number of halogens is 4. The van der Waals surface area contributed by atoms with Crippen LogP contribution in [0.2, 0.25) is 5.02 Å². The van der Waals surface area contributed by atoms with Crippen LogP contribution in [-0.2, 0) is 12.7 Å². The normalized spacial score (nSPS) is 14.9. The summed E-state index contributed by atoms with van der Waals surface area (Å²) in [5, 5.41) is 10.8. The molecule has 8 heteroatoms. The Bertz CT molecular complexity index is 1170. The molecule has 0 bridgehead atoms. The molecule has 1 aromatic heterocycles. The summed E-state index contributed by atoms with van der Waals surface area (Å²) >= 11 is 6.00. The Labute approximate surface area is 195 Å². The van der Waals surface area contributed by atoms with E-state index in [0.717, 1.165) is 4.57 Å². The van der Waals surface area contributed by atoms with Crippen molar-refractivity contribution in [2.24, 2.45) is 0 Å². The fraction of sp³-hybridized carbons (Fsp3) is 0.320. The maximum absolute atomic E-state index is 14.3. The monoisotopic (exact) mass is 476 g/mol. The van der Waals surface area contributed by atoms with E-state index in [1.54, 1.807) is 54.6 Å². The first kappa shape index (κ1) is 23.4. The van der Waals surface area contributed by atoms with Crippen LogP contribution in [0.4, 0.5) is 13.2 Å². The highest BCUT2D eigenvalue weighted by Crippen LogP contribution is 2.42. The second-order valence-electron chi connectivity index (χ2n) is 8.66. The minimum Gasteiger partial charge on any atom is -0.388 e. The number of hydrogen-bond donors (Lipinski definition) is 1. The average molecular weight is 477 g/mol. The van der Waals surface area contributed by atoms with Crippen LogP contribution in [0.3, 0.4) is 0 Å². The van der Waals surface area contributed by atoms with Crippen molar-refractivity contribution in [2.45, 2.75) is 38.1 Å². The zero-order valence-corrected chi connectivity index (χ0v) is 19.0. The summed E-state index contributed by atoms with van der Waals surface area (Å²) < 4.78 is 44.0. The minimum absolute atomic E-state index is 0.0253. The highest BCUT2D eigenvalue weighted by molar-refractivity contribution is 6.30. The third-order valence-corrected chi connectivity index (χ3v) is 6.25. The molecular weight excluding hydrogens is 453 g/mol. The van der Waals surface area contributed by atoms with E-state index in [-0.39, 0.29) is 29.9 Å². The van der Waals surface area contributed by atoms with Crippen molar-refractivity contribution in [2.75, 3.05) is 13.6 Å². The molecule has 174 valence electrons. The summed E-state index contributed by atoms with van der Waals surface area (Å²) in [4.78, 5) is 14.9. The highest BCUT2D eigenvalue weighted by Gasteiger charge is 2.44. The molecule has 0 atom stereocenters. The summed E-state index contributed by atoms with van der Waals surface area (Å²) in [6, 6.07) is 15.1. The molecule has 1 N–H and O–H groups in total. The molecule has 1 fully saturated rings. The van der Waals surface area contributed by atoms with E-state index in [0.29, 0.717) is 29.0 Å². The Hall–Kier alpha value is -2.77. The van der Waals surface area contributed by atoms with Crippen molar-refractivity contribution >= 4 is 17.5 Å². The molecule has 0 radical (unpaired) electrons. The van der Waals surface area contributed by atoms with E-state index in [2.05, 4.69) is 0 Å². The molecule has 33 heavy (non-hydrogen) atoms. The zero-order chi connectivity index (χ0) is 24.0. The highest BCUT2D eigenvalue weighted by atomic mass is 35.5. The van der Waals surface area contributed by atoms with Crippen LogP contribution in [0.1, 0.15) is 40.2 Å². The summed E-state index contributed by atoms with van der Waals surface area (Å²) in [6.45, 7) is 1.32. The Kier molecular flexibility index (Phi) is 6.05. The second kappa shape index (κ2) is 8.54. The minimum atomic E-state index is -4.67. The molecule has 2 aromatic carbocycles. The molecule has 0 unspecified atom stereocenters. The lowest BCUT2D eigenvalue weighted by atomic mass is 10.00. The molecule has 1 amide bonds. The fourth-order valence-electron chi connectivity index (χ4n) is 4.22. The molecule has 1 saturated carbocycles. The number of aliphatic hydroxyl groups is 1. The Morgan fingerprint density at radius 3 is 2.27 bits per heavy atom. The van der Waals surface area contributed by atoms with Gasteiger partial charge in [-0.05, 0) is 48.6 Å². The van der Waals surface area contributed by atoms with Crippen LogP contribution >= 0.6 is 11.6 Å². The summed E-state index contributed by atoms with van der Waals surface area (Å²) in [6.07, 6.45) is -3.55. The average Bonchev–Trinajstić information content (AvgIpc) is 3.40. The Balaban J connectivity index is 1.94. The molecule has 1 aliphatic carbocycles. The number of amides is 1. The van der Waals surface area contributed by atoms with Gasteiger partial charge < -0.3 is 14.6 Å². The number of benzene rings is 2. The first-order valence-electron chi connectivity index (χ1n) is 10.6. The van der Waals surface area contributed by atoms with Crippen LogP contribution in [0, 0.1) is 6.92 Å². The lowest BCUT2D eigenvalue weighted by molar-refractivity contribution is -0.143. The second-order valence-corrected chi connectivity index (χ2v) is 9.10. The number of alkyl halides is 3. The van der Waals surface area contributed by atoms with Gasteiger partial charge in [0.2, 0.25) is 0 Å². The lowest BCUT2D eigenvalue weighted by Crippen LogP contribution is -2.37. The predicted molar refractivity (Wildman–Crippen MR) is 121 cm³/mol. The largest absolute Gasteiger partial charge is 0.431 e. The van der Waals surface area contributed by atoms with Gasteiger partial charge >= 0.3 is 6.18 Å². The molecule has 1 aliphatic rings. The van der Waals surface area contributed by atoms with Crippen LogP contribution in [0.5, 0.6) is 0 Å². The maximum atomic E-state index is 14.3. The van der Waals surface area contributed by atoms with Gasteiger partial charge in [-0.25, -0.2) is 0 Å². The van der Waals surface area contributed by atoms with E-state index in [4.69, 9.17) is 11.6 Å². The molecule has 0 saturated heterocycles. The Morgan fingerprint density at radius 2 is 1.73 bits per heavy atom. The van der Waals surface area contributed by atoms with Gasteiger partial charge in [0.1, 0.15) is 11.4 Å². The Morgan fingerprint density at radius 1 is 1.12 bits per heavy atom. The topological polar surface area (TPSA) is 45.5 Å². The fourth-order valence-corrected chi connectivity index (χ4v) is 4.35. The SMILES string of the molecule is Cc1c(-c2ccc(Cl)cc2)c(C(=O)N(C)CC2(O)CC2)n(Cc2ccccc2)c1C(F)(F)F. The number of rotatable bonds is 6. The number of carbonyl (C=O) groups is 1. The quantitative estimate of drug-likeness (QED) is 0.490. The van der Waals surface area contributed by atoms with Gasteiger partial charge in [0.15, 0.2) is 0 Å². The molecule has 4 rings (SSSR count). The van der Waals surface area contributed by atoms with Gasteiger partial charge in [-0.2, -0.15) is 13.2 Å². The lowest BCUT2D eigenvalue weighted by Gasteiger charge is -2.23. The van der Waals surface area contributed by atoms with E-state index in [1.807, 2.05) is 0 Å². The third-order valence-electron chi connectivity index (χ3n) is 6.00. The molecule has 3 aromatic rings. The van der Waals surface area contributed by atoms with Crippen molar-refractivity contribution in [3.63, 3.8) is 0 Å². The third kappa shape index (κ3) is 4.80. The number of likely N-dealkylation sites (N-methyl/N-ethyl adjacent to an activating group) is 1. The van der Waals surface area contributed by atoms with Gasteiger partial charge in [-0.1, -0.05) is 54.1 Å². The predicted octanol–water partition coefficient (Wildman–Crippen LogP) is 5.78. The summed E-state index contributed by atoms with van der Waals surface area (Å²) in [5.41, 5.74) is -0.591. The van der Waals surface area contributed by atoms with Crippen LogP contribution in [-0.4, -0.2) is 39.7 Å². The molecule has 0 spiro atoms. The van der Waals surface area contributed by atoms with Crippen LogP contribution in [0.25, 0.3) is 11.1 Å². The van der Waals surface area contributed by atoms with Gasteiger partial charge in [-0.3, -0.25) is 4.79 Å². The van der Waals surface area contributed by atoms with Crippen molar-refractivity contribution in [3.8, 4) is 11.1 Å². The van der Waals surface area contributed by atoms with Crippen molar-refractivity contribution < 1.29 is 23.1 Å². The summed E-state index contributed by atoms with van der Waals surface area (Å²) in [5.74, 6) is -0.574. The smallest absolute Gasteiger partial charge is 0.388 e. The number of nitrogens with zero attached hydrogens (tertiary/aromatic N) is 2. The molecule has 4 nitrogen and oxygen atoms in total. The molecular formula is C25H24ClF3N2O2. The number of hydrogen-bond acceptors (Lipinski definition) is 2. The zero-order valence-electron chi connectivity index (χ0n) is 18.3. The van der Waals surface area contributed by atoms with Gasteiger partial charge in [0.25, 0.3) is 5.91 Å². The number of carbonyl (C=O) groups excluding carboxylic acids is 1. The van der Waals surface area contributed by atoms with Gasteiger partial charge in [-0.15, -0.1) is 0 Å². The maximum Gasteiger partial charge on any atom is 0.431 e. The first-order valence-corrected chi connectivity index (χ1v) is 11.0. The summed E-state index contributed by atoms with van der Waals surface area (Å²) in [7, 11) is 1.51. The van der Waals surface area contributed by atoms with E-state index >= 15 is 0 Å². The van der Waals surface area contributed by atoms with Crippen LogP contribution < -0.4 is 0 Å². The molecule has 1 heterocycles. The van der Waals surface area contributed by atoms with E-state index < -0.39 is 23.4 Å². The van der Waals surface area contributed by atoms with Crippen molar-refractivity contribution in [1.29, 1.82) is 0 Å². The standard InChI is InChI=1S/C25H24ClF3N2O2/c1-16-20(18-8-10-19(26)11-9-18)21(23(32)30(2)15-24(33)12-13-24)31(22(16)25(27,28)29)14-17-6-4-3-5-7-17/h3-11,33H,12-15H2,1-2H3. The first-order chi connectivity index (χ1) is 15.5. The molecule has 0 aliphatic heterocycles. The van der Waals surface area contributed by atoms with Crippen LogP contribution in [0.15, 0.2) is 54.6 Å². The number of aromatic nitrogens is 1. The van der Waals surface area contributed by atoms with Gasteiger partial charge in [0.05, 0.1) is 5.60 Å².